The minimum absolute atomic E-state index is 0.0979. The molecule has 27 heavy (non-hydrogen) atoms. The van der Waals surface area contributed by atoms with Crippen molar-refractivity contribution in [2.75, 3.05) is 13.1 Å². The highest BCUT2D eigenvalue weighted by Gasteiger charge is 2.25. The molecule has 0 spiro atoms. The number of amides is 1. The van der Waals surface area contributed by atoms with E-state index in [0.717, 1.165) is 37.0 Å². The van der Waals surface area contributed by atoms with Crippen LogP contribution in [0, 0.1) is 0 Å². The summed E-state index contributed by atoms with van der Waals surface area (Å²) in [5, 5.41) is 7.89. The minimum atomic E-state index is -0.0979. The van der Waals surface area contributed by atoms with Gasteiger partial charge in [-0.2, -0.15) is 0 Å². The van der Waals surface area contributed by atoms with Gasteiger partial charge in [-0.3, -0.25) is 9.69 Å². The number of fused-ring (bicyclic) bond motifs is 1. The van der Waals surface area contributed by atoms with Crippen molar-refractivity contribution in [3.8, 4) is 0 Å². The van der Waals surface area contributed by atoms with Crippen molar-refractivity contribution < 1.29 is 9.32 Å². The van der Waals surface area contributed by atoms with Crippen molar-refractivity contribution >= 4 is 17.0 Å². The lowest BCUT2D eigenvalue weighted by Gasteiger charge is -2.24. The first kappa shape index (κ1) is 17.7. The molecule has 1 N–H and O–H groups in total. The molecule has 1 unspecified atom stereocenters. The van der Waals surface area contributed by atoms with Gasteiger partial charge in [0.1, 0.15) is 0 Å². The van der Waals surface area contributed by atoms with Crippen LogP contribution in [0.3, 0.4) is 0 Å². The third-order valence-electron chi connectivity index (χ3n) is 5.23. The third-order valence-corrected chi connectivity index (χ3v) is 5.23. The quantitative estimate of drug-likeness (QED) is 0.727. The fraction of sp³-hybridized carbons (Fsp3) is 0.381. The Morgan fingerprint density at radius 1 is 1.33 bits per heavy atom. The lowest BCUT2D eigenvalue weighted by molar-refractivity contribution is 0.0939. The molecule has 4 rings (SSSR count). The predicted octanol–water partition coefficient (Wildman–Crippen LogP) is 3.18. The number of rotatable bonds is 6. The van der Waals surface area contributed by atoms with Crippen LogP contribution in [0.15, 0.2) is 47.1 Å². The topological polar surface area (TPSA) is 71.3 Å². The van der Waals surface area contributed by atoms with Crippen LogP contribution in [-0.2, 0) is 13.0 Å². The first-order chi connectivity index (χ1) is 13.2. The number of aryl methyl sites for hydroxylation is 1. The number of carbonyl (C=O) groups is 1. The number of benzene rings is 1. The smallest absolute Gasteiger partial charge is 0.257 e. The van der Waals surface area contributed by atoms with E-state index < -0.39 is 0 Å². The summed E-state index contributed by atoms with van der Waals surface area (Å²) in [6, 6.07) is 12.7. The molecule has 1 aromatic carbocycles. The van der Waals surface area contributed by atoms with E-state index in [0.29, 0.717) is 23.9 Å². The van der Waals surface area contributed by atoms with Crippen molar-refractivity contribution in [1.82, 2.24) is 20.4 Å². The molecule has 2 aromatic heterocycles. The fourth-order valence-electron chi connectivity index (χ4n) is 3.72. The summed E-state index contributed by atoms with van der Waals surface area (Å²) in [6.07, 6.45) is 4.58. The Kier molecular flexibility index (Phi) is 5.16. The van der Waals surface area contributed by atoms with Gasteiger partial charge in [0.2, 0.25) is 0 Å². The summed E-state index contributed by atoms with van der Waals surface area (Å²) in [4.78, 5) is 19.3. The number of hydrogen-bond donors (Lipinski definition) is 1. The molecule has 0 aliphatic carbocycles. The summed E-state index contributed by atoms with van der Waals surface area (Å²) in [7, 11) is 0. The SMILES string of the molecule is CCc1noc2ncc(C(=O)NCC3CCCN3Cc3ccccc3)cc12. The van der Waals surface area contributed by atoms with Crippen LogP contribution in [0.25, 0.3) is 11.1 Å². The van der Waals surface area contributed by atoms with E-state index in [1.54, 1.807) is 6.20 Å². The molecule has 1 aliphatic rings. The van der Waals surface area contributed by atoms with E-state index in [1.807, 2.05) is 19.1 Å². The van der Waals surface area contributed by atoms with Gasteiger partial charge in [0.25, 0.3) is 11.6 Å². The van der Waals surface area contributed by atoms with Crippen LogP contribution in [-0.4, -0.2) is 40.1 Å². The molecule has 6 nitrogen and oxygen atoms in total. The maximum absolute atomic E-state index is 12.6. The third kappa shape index (κ3) is 3.85. The summed E-state index contributed by atoms with van der Waals surface area (Å²) in [5.41, 5.74) is 3.17. The summed E-state index contributed by atoms with van der Waals surface area (Å²) >= 11 is 0. The lowest BCUT2D eigenvalue weighted by atomic mass is 10.1. The molecule has 0 saturated carbocycles. The molecular formula is C21H24N4O2. The summed E-state index contributed by atoms with van der Waals surface area (Å²) in [5.74, 6) is -0.0979. The van der Waals surface area contributed by atoms with Crippen molar-refractivity contribution in [1.29, 1.82) is 0 Å². The van der Waals surface area contributed by atoms with Crippen molar-refractivity contribution in [3.05, 3.63) is 59.4 Å². The van der Waals surface area contributed by atoms with Gasteiger partial charge in [0.05, 0.1) is 16.6 Å². The Hall–Kier alpha value is -2.73. The Balaban J connectivity index is 1.39. The van der Waals surface area contributed by atoms with E-state index in [9.17, 15) is 4.79 Å². The Morgan fingerprint density at radius 3 is 3.00 bits per heavy atom. The zero-order chi connectivity index (χ0) is 18.6. The molecule has 1 saturated heterocycles. The number of pyridine rings is 1. The zero-order valence-corrected chi connectivity index (χ0v) is 15.5. The van der Waals surface area contributed by atoms with Crippen LogP contribution in [0.1, 0.15) is 41.4 Å². The molecule has 3 heterocycles. The Morgan fingerprint density at radius 2 is 2.19 bits per heavy atom. The van der Waals surface area contributed by atoms with Gasteiger partial charge in [0, 0.05) is 25.3 Å². The molecule has 6 heteroatoms. The minimum Gasteiger partial charge on any atom is -0.350 e. The highest BCUT2D eigenvalue weighted by atomic mass is 16.5. The normalized spacial score (nSPS) is 17.4. The number of hydrogen-bond acceptors (Lipinski definition) is 5. The lowest BCUT2D eigenvalue weighted by Crippen LogP contribution is -2.39. The van der Waals surface area contributed by atoms with Gasteiger partial charge in [-0.1, -0.05) is 42.4 Å². The molecule has 140 valence electrons. The second-order valence-corrected chi connectivity index (χ2v) is 7.02. The van der Waals surface area contributed by atoms with Gasteiger partial charge >= 0.3 is 0 Å². The second kappa shape index (κ2) is 7.88. The maximum atomic E-state index is 12.6. The van der Waals surface area contributed by atoms with Crippen molar-refractivity contribution in [2.45, 2.75) is 38.8 Å². The van der Waals surface area contributed by atoms with Crippen LogP contribution >= 0.6 is 0 Å². The molecule has 0 bridgehead atoms. The average molecular weight is 364 g/mol. The summed E-state index contributed by atoms with van der Waals surface area (Å²) in [6.45, 7) is 4.65. The van der Waals surface area contributed by atoms with Crippen LogP contribution in [0.5, 0.6) is 0 Å². The highest BCUT2D eigenvalue weighted by molar-refractivity contribution is 5.97. The van der Waals surface area contributed by atoms with E-state index in [2.05, 4.69) is 44.6 Å². The fourth-order valence-corrected chi connectivity index (χ4v) is 3.72. The van der Waals surface area contributed by atoms with Crippen molar-refractivity contribution in [3.63, 3.8) is 0 Å². The van der Waals surface area contributed by atoms with Gasteiger partial charge in [-0.05, 0) is 37.4 Å². The van der Waals surface area contributed by atoms with Gasteiger partial charge in [-0.15, -0.1) is 0 Å². The van der Waals surface area contributed by atoms with Crippen molar-refractivity contribution in [2.24, 2.45) is 0 Å². The van der Waals surface area contributed by atoms with Crippen LogP contribution in [0.4, 0.5) is 0 Å². The first-order valence-corrected chi connectivity index (χ1v) is 9.55. The number of aromatic nitrogens is 2. The first-order valence-electron chi connectivity index (χ1n) is 9.55. The largest absolute Gasteiger partial charge is 0.350 e. The number of likely N-dealkylation sites (tertiary alicyclic amines) is 1. The highest BCUT2D eigenvalue weighted by Crippen LogP contribution is 2.20. The van der Waals surface area contributed by atoms with E-state index >= 15 is 0 Å². The molecule has 1 aliphatic heterocycles. The average Bonchev–Trinajstić information content (AvgIpc) is 3.32. The van der Waals surface area contributed by atoms with Gasteiger partial charge in [-0.25, -0.2) is 4.98 Å². The van der Waals surface area contributed by atoms with E-state index in [4.69, 9.17) is 4.52 Å². The molecule has 1 fully saturated rings. The monoisotopic (exact) mass is 364 g/mol. The van der Waals surface area contributed by atoms with Gasteiger partial charge in [0.15, 0.2) is 0 Å². The molecule has 1 amide bonds. The number of carbonyl (C=O) groups excluding carboxylic acids is 1. The Labute approximate surface area is 158 Å². The molecule has 3 aromatic rings. The predicted molar refractivity (Wildman–Crippen MR) is 103 cm³/mol. The zero-order valence-electron chi connectivity index (χ0n) is 15.5. The number of nitrogens with one attached hydrogen (secondary N) is 1. The number of nitrogens with zero attached hydrogens (tertiary/aromatic N) is 3. The molecule has 1 atom stereocenters. The Bertz CT molecular complexity index is 922. The second-order valence-electron chi connectivity index (χ2n) is 7.02. The standard InChI is InChI=1S/C21H24N4O2/c1-2-19-18-11-16(12-23-21(18)27-24-19)20(26)22-13-17-9-6-10-25(17)14-15-7-4-3-5-8-15/h3-5,7-8,11-12,17H,2,6,9-10,13-14H2,1H3,(H,22,26). The molecule has 0 radical (unpaired) electrons. The van der Waals surface area contributed by atoms with Crippen LogP contribution < -0.4 is 5.32 Å². The van der Waals surface area contributed by atoms with Gasteiger partial charge < -0.3 is 9.84 Å². The summed E-state index contributed by atoms with van der Waals surface area (Å²) < 4.78 is 5.19. The van der Waals surface area contributed by atoms with E-state index in [-0.39, 0.29) is 5.91 Å². The maximum Gasteiger partial charge on any atom is 0.257 e. The molecular weight excluding hydrogens is 340 g/mol. The van der Waals surface area contributed by atoms with E-state index in [1.165, 1.54) is 12.0 Å². The van der Waals surface area contributed by atoms with Crippen LogP contribution in [0.2, 0.25) is 0 Å².